The number of hydrogen-bond donors (Lipinski definition) is 0. The summed E-state index contributed by atoms with van der Waals surface area (Å²) in [6, 6.07) is 0. The molecule has 6 heteroatoms. The van der Waals surface area contributed by atoms with Gasteiger partial charge in [0.15, 0.2) is 6.10 Å². The van der Waals surface area contributed by atoms with Gasteiger partial charge in [-0.2, -0.15) is 0 Å². The normalized spacial score (nSPS) is 12.4. The zero-order chi connectivity index (χ0) is 42.4. The molecule has 0 aromatic carbocycles. The molecule has 0 fully saturated rings. The van der Waals surface area contributed by atoms with Gasteiger partial charge in [-0.1, -0.05) is 252 Å². The Balaban J connectivity index is 4.32. The van der Waals surface area contributed by atoms with Crippen molar-refractivity contribution in [3.05, 3.63) is 0 Å². The van der Waals surface area contributed by atoms with Crippen molar-refractivity contribution in [2.24, 2.45) is 5.92 Å². The molecule has 0 saturated heterocycles. The summed E-state index contributed by atoms with van der Waals surface area (Å²) in [5.74, 6) is 0.0256. The summed E-state index contributed by atoms with van der Waals surface area (Å²) in [5, 5.41) is 0. The summed E-state index contributed by atoms with van der Waals surface area (Å²) in [7, 11) is 0. The second-order valence-electron chi connectivity index (χ2n) is 18.1. The van der Waals surface area contributed by atoms with E-state index in [4.69, 9.17) is 14.2 Å². The first-order valence-electron chi connectivity index (χ1n) is 25.9. The van der Waals surface area contributed by atoms with Crippen LogP contribution in [0.5, 0.6) is 0 Å². The average molecular weight is 821 g/mol. The topological polar surface area (TPSA) is 78.9 Å². The molecular weight excluding hydrogens is 721 g/mol. The molecule has 0 aliphatic carbocycles. The zero-order valence-electron chi connectivity index (χ0n) is 39.5. The van der Waals surface area contributed by atoms with Gasteiger partial charge in [0.25, 0.3) is 0 Å². The molecule has 0 aliphatic heterocycles. The minimum Gasteiger partial charge on any atom is -0.462 e. The maximum absolute atomic E-state index is 12.8. The molecule has 0 rings (SSSR count). The van der Waals surface area contributed by atoms with Crippen LogP contribution in [0.15, 0.2) is 0 Å². The van der Waals surface area contributed by atoms with E-state index < -0.39 is 6.10 Å². The van der Waals surface area contributed by atoms with Crippen molar-refractivity contribution < 1.29 is 28.6 Å². The first-order chi connectivity index (χ1) is 28.4. The quantitative estimate of drug-likeness (QED) is 0.0346. The van der Waals surface area contributed by atoms with Crippen molar-refractivity contribution in [3.63, 3.8) is 0 Å². The van der Waals surface area contributed by atoms with E-state index in [0.29, 0.717) is 19.3 Å². The van der Waals surface area contributed by atoms with Crippen molar-refractivity contribution in [2.75, 3.05) is 13.2 Å². The third kappa shape index (κ3) is 44.0. The molecular formula is C52H100O6. The lowest BCUT2D eigenvalue weighted by atomic mass is 9.99. The lowest BCUT2D eigenvalue weighted by molar-refractivity contribution is -0.167. The van der Waals surface area contributed by atoms with Crippen molar-refractivity contribution in [1.82, 2.24) is 0 Å². The molecule has 2 atom stereocenters. The van der Waals surface area contributed by atoms with Crippen LogP contribution in [-0.2, 0) is 28.6 Å². The zero-order valence-corrected chi connectivity index (χ0v) is 39.5. The number of carbonyl (C=O) groups excluding carboxylic acids is 3. The van der Waals surface area contributed by atoms with E-state index in [2.05, 4.69) is 27.7 Å². The van der Waals surface area contributed by atoms with Crippen LogP contribution >= 0.6 is 0 Å². The van der Waals surface area contributed by atoms with Gasteiger partial charge in [0, 0.05) is 19.3 Å². The number of esters is 3. The lowest BCUT2D eigenvalue weighted by Crippen LogP contribution is -2.30. The number of rotatable bonds is 47. The summed E-state index contributed by atoms with van der Waals surface area (Å²) in [6.07, 6.45) is 47.9. The summed E-state index contributed by atoms with van der Waals surface area (Å²) in [4.78, 5) is 37.9. The highest BCUT2D eigenvalue weighted by Crippen LogP contribution is 2.17. The van der Waals surface area contributed by atoms with E-state index in [9.17, 15) is 14.4 Å². The molecule has 0 aliphatic rings. The molecule has 0 N–H and O–H groups in total. The summed E-state index contributed by atoms with van der Waals surface area (Å²) >= 11 is 0. The van der Waals surface area contributed by atoms with E-state index in [1.807, 2.05) is 0 Å². The third-order valence-corrected chi connectivity index (χ3v) is 12.2. The second kappa shape index (κ2) is 46.5. The molecule has 0 bridgehead atoms. The Kier molecular flexibility index (Phi) is 45.2. The highest BCUT2D eigenvalue weighted by molar-refractivity contribution is 5.71. The fraction of sp³-hybridized carbons (Fsp3) is 0.942. The Morgan fingerprint density at radius 3 is 0.897 bits per heavy atom. The van der Waals surface area contributed by atoms with Crippen molar-refractivity contribution in [3.8, 4) is 0 Å². The van der Waals surface area contributed by atoms with Crippen LogP contribution in [0.4, 0.5) is 0 Å². The number of ether oxygens (including phenoxy) is 3. The average Bonchev–Trinajstić information content (AvgIpc) is 3.22. The first-order valence-corrected chi connectivity index (χ1v) is 25.9. The Morgan fingerprint density at radius 1 is 0.345 bits per heavy atom. The van der Waals surface area contributed by atoms with Crippen LogP contribution in [0, 0.1) is 5.92 Å². The van der Waals surface area contributed by atoms with Gasteiger partial charge in [0.1, 0.15) is 13.2 Å². The molecule has 0 amide bonds. The van der Waals surface area contributed by atoms with Gasteiger partial charge in [-0.25, -0.2) is 0 Å². The fourth-order valence-corrected chi connectivity index (χ4v) is 7.83. The van der Waals surface area contributed by atoms with E-state index >= 15 is 0 Å². The van der Waals surface area contributed by atoms with Gasteiger partial charge in [-0.05, 0) is 25.2 Å². The van der Waals surface area contributed by atoms with Crippen molar-refractivity contribution in [1.29, 1.82) is 0 Å². The van der Waals surface area contributed by atoms with Crippen LogP contribution in [-0.4, -0.2) is 37.2 Å². The van der Waals surface area contributed by atoms with E-state index in [-0.39, 0.29) is 31.1 Å². The molecule has 58 heavy (non-hydrogen) atoms. The predicted octanol–water partition coefficient (Wildman–Crippen LogP) is 16.7. The molecule has 0 heterocycles. The molecule has 344 valence electrons. The SMILES string of the molecule is CCCCCCCCCCCCCCCC(=O)OC[C@H](COC(=O)CCCCCCCCCCCCC(C)CC)OC(=O)CCCCCCCCCCCCCCC. The highest BCUT2D eigenvalue weighted by atomic mass is 16.6. The van der Waals surface area contributed by atoms with Gasteiger partial charge in [-0.15, -0.1) is 0 Å². The molecule has 0 radical (unpaired) electrons. The van der Waals surface area contributed by atoms with Crippen LogP contribution in [0.2, 0.25) is 0 Å². The smallest absolute Gasteiger partial charge is 0.306 e. The number of carbonyl (C=O) groups is 3. The predicted molar refractivity (Wildman–Crippen MR) is 247 cm³/mol. The Bertz CT molecular complexity index is 874. The number of unbranched alkanes of at least 4 members (excludes halogenated alkanes) is 33. The Labute approximate surface area is 361 Å². The Hall–Kier alpha value is -1.59. The van der Waals surface area contributed by atoms with E-state index in [0.717, 1.165) is 63.7 Å². The monoisotopic (exact) mass is 821 g/mol. The highest BCUT2D eigenvalue weighted by Gasteiger charge is 2.19. The minimum absolute atomic E-state index is 0.0627. The molecule has 1 unspecified atom stereocenters. The second-order valence-corrected chi connectivity index (χ2v) is 18.1. The standard InChI is InChI=1S/C52H100O6/c1-5-8-10-12-14-16-18-20-22-27-31-35-39-43-50(53)56-46-49(58-52(55)45-41-37-33-29-23-21-19-17-15-13-11-9-6-2)47-57-51(54)44-40-36-32-28-25-24-26-30-34-38-42-48(4)7-3/h48-49H,5-47H2,1-4H3/t48?,49-/m1/s1. The van der Waals surface area contributed by atoms with Crippen LogP contribution < -0.4 is 0 Å². The van der Waals surface area contributed by atoms with Crippen LogP contribution in [0.3, 0.4) is 0 Å². The minimum atomic E-state index is -0.760. The molecule has 0 aromatic heterocycles. The van der Waals surface area contributed by atoms with Gasteiger partial charge >= 0.3 is 17.9 Å². The number of hydrogen-bond acceptors (Lipinski definition) is 6. The van der Waals surface area contributed by atoms with Crippen LogP contribution in [0.25, 0.3) is 0 Å². The Morgan fingerprint density at radius 2 is 0.603 bits per heavy atom. The maximum Gasteiger partial charge on any atom is 0.306 e. The third-order valence-electron chi connectivity index (χ3n) is 12.2. The molecule has 0 spiro atoms. The summed E-state index contributed by atoms with van der Waals surface area (Å²) in [5.41, 5.74) is 0. The summed E-state index contributed by atoms with van der Waals surface area (Å²) < 4.78 is 16.8. The lowest BCUT2D eigenvalue weighted by Gasteiger charge is -2.18. The first kappa shape index (κ1) is 56.4. The van der Waals surface area contributed by atoms with Crippen LogP contribution in [0.1, 0.15) is 291 Å². The van der Waals surface area contributed by atoms with Gasteiger partial charge in [-0.3, -0.25) is 14.4 Å². The van der Waals surface area contributed by atoms with E-state index in [1.54, 1.807) is 0 Å². The molecule has 6 nitrogen and oxygen atoms in total. The van der Waals surface area contributed by atoms with Gasteiger partial charge in [0.2, 0.25) is 0 Å². The van der Waals surface area contributed by atoms with Crippen molar-refractivity contribution in [2.45, 2.75) is 297 Å². The summed E-state index contributed by atoms with van der Waals surface area (Å²) in [6.45, 7) is 9.05. The van der Waals surface area contributed by atoms with Crippen molar-refractivity contribution >= 4 is 17.9 Å². The fourth-order valence-electron chi connectivity index (χ4n) is 7.83. The van der Waals surface area contributed by atoms with Gasteiger partial charge < -0.3 is 14.2 Å². The molecule has 0 saturated carbocycles. The largest absolute Gasteiger partial charge is 0.462 e. The van der Waals surface area contributed by atoms with Gasteiger partial charge in [0.05, 0.1) is 0 Å². The van der Waals surface area contributed by atoms with E-state index in [1.165, 1.54) is 186 Å². The maximum atomic E-state index is 12.8. The molecule has 0 aromatic rings.